The monoisotopic (exact) mass is 325 g/mol. The molecule has 1 fully saturated rings. The van der Waals surface area contributed by atoms with Gasteiger partial charge in [0.25, 0.3) is 0 Å². The lowest BCUT2D eigenvalue weighted by Crippen LogP contribution is -2.35. The molecule has 1 heterocycles. The smallest absolute Gasteiger partial charge is 0.172 e. The minimum atomic E-state index is 0.161. The largest absolute Gasteiger partial charge is 0.409 e. The SMILES string of the molecule is CCC1CCN(c2ccc(Br)cc2/C(N)=N/O)CC1. The molecule has 0 spiro atoms. The standard InChI is InChI=1S/C14H20BrN3O/c1-2-10-5-7-18(8-6-10)13-4-3-11(15)9-12(13)14(16)17-19/h3-4,9-10,19H,2,5-8H2,1H3,(H2,16,17). The van der Waals surface area contributed by atoms with Crippen LogP contribution in [0, 0.1) is 5.92 Å². The molecule has 3 N–H and O–H groups in total. The van der Waals surface area contributed by atoms with Crippen molar-refractivity contribution in [1.82, 2.24) is 0 Å². The number of hydrogen-bond acceptors (Lipinski definition) is 3. The first-order valence-corrected chi connectivity index (χ1v) is 7.47. The highest BCUT2D eigenvalue weighted by Gasteiger charge is 2.21. The minimum absolute atomic E-state index is 0.161. The van der Waals surface area contributed by atoms with Crippen LogP contribution in [0.15, 0.2) is 27.8 Å². The van der Waals surface area contributed by atoms with E-state index in [1.165, 1.54) is 19.3 Å². The Hall–Kier alpha value is -1.23. The number of hydrogen-bond donors (Lipinski definition) is 2. The third-order valence-electron chi connectivity index (χ3n) is 3.87. The third-order valence-corrected chi connectivity index (χ3v) is 4.37. The Morgan fingerprint density at radius 1 is 1.47 bits per heavy atom. The van der Waals surface area contributed by atoms with Crippen molar-refractivity contribution in [3.05, 3.63) is 28.2 Å². The molecule has 1 aromatic carbocycles. The van der Waals surface area contributed by atoms with Gasteiger partial charge in [-0.3, -0.25) is 0 Å². The van der Waals surface area contributed by atoms with Crippen LogP contribution in [0.2, 0.25) is 0 Å². The van der Waals surface area contributed by atoms with Crippen LogP contribution in [0.4, 0.5) is 5.69 Å². The Morgan fingerprint density at radius 3 is 2.74 bits per heavy atom. The Bertz CT molecular complexity index is 468. The van der Waals surface area contributed by atoms with Crippen molar-refractivity contribution in [2.45, 2.75) is 26.2 Å². The molecular formula is C14H20BrN3O. The predicted molar refractivity (Wildman–Crippen MR) is 81.9 cm³/mol. The van der Waals surface area contributed by atoms with Gasteiger partial charge in [0.05, 0.1) is 0 Å². The maximum absolute atomic E-state index is 8.91. The number of oxime groups is 1. The van der Waals surface area contributed by atoms with E-state index in [1.54, 1.807) is 0 Å². The van der Waals surface area contributed by atoms with Gasteiger partial charge in [-0.2, -0.15) is 0 Å². The molecule has 0 atom stereocenters. The molecule has 1 aliphatic rings. The molecule has 104 valence electrons. The summed E-state index contributed by atoms with van der Waals surface area (Å²) in [5.41, 5.74) is 7.61. The molecule has 1 saturated heterocycles. The molecule has 0 amide bonds. The number of rotatable bonds is 3. The van der Waals surface area contributed by atoms with E-state index >= 15 is 0 Å². The maximum Gasteiger partial charge on any atom is 0.172 e. The fourth-order valence-corrected chi connectivity index (χ4v) is 2.99. The first kappa shape index (κ1) is 14.2. The van der Waals surface area contributed by atoms with Crippen LogP contribution in [-0.4, -0.2) is 24.1 Å². The molecule has 0 bridgehead atoms. The average Bonchev–Trinajstić information content (AvgIpc) is 2.46. The van der Waals surface area contributed by atoms with Crippen molar-refractivity contribution in [2.24, 2.45) is 16.8 Å². The van der Waals surface area contributed by atoms with E-state index in [1.807, 2.05) is 18.2 Å². The van der Waals surface area contributed by atoms with Gasteiger partial charge in [0, 0.05) is 28.8 Å². The number of nitrogens with zero attached hydrogens (tertiary/aromatic N) is 2. The second-order valence-electron chi connectivity index (χ2n) is 4.99. The molecule has 4 nitrogen and oxygen atoms in total. The number of nitrogens with two attached hydrogens (primary N) is 1. The average molecular weight is 326 g/mol. The van der Waals surface area contributed by atoms with Gasteiger partial charge in [-0.15, -0.1) is 0 Å². The van der Waals surface area contributed by atoms with Crippen LogP contribution in [0.5, 0.6) is 0 Å². The van der Waals surface area contributed by atoms with Crippen molar-refractivity contribution >= 4 is 27.5 Å². The molecule has 0 radical (unpaired) electrons. The Labute approximate surface area is 122 Å². The summed E-state index contributed by atoms with van der Waals surface area (Å²) in [5, 5.41) is 12.0. The van der Waals surface area contributed by atoms with Gasteiger partial charge in [0.1, 0.15) is 0 Å². The zero-order valence-electron chi connectivity index (χ0n) is 11.1. The van der Waals surface area contributed by atoms with Crippen molar-refractivity contribution < 1.29 is 5.21 Å². The van der Waals surface area contributed by atoms with E-state index < -0.39 is 0 Å². The number of halogens is 1. The van der Waals surface area contributed by atoms with Crippen LogP contribution < -0.4 is 10.6 Å². The maximum atomic E-state index is 8.91. The van der Waals surface area contributed by atoms with Crippen molar-refractivity contribution in [3.63, 3.8) is 0 Å². The van der Waals surface area contributed by atoms with E-state index in [9.17, 15) is 0 Å². The second-order valence-corrected chi connectivity index (χ2v) is 5.90. The molecule has 1 aromatic rings. The lowest BCUT2D eigenvalue weighted by atomic mass is 9.93. The zero-order chi connectivity index (χ0) is 13.8. The molecule has 19 heavy (non-hydrogen) atoms. The van der Waals surface area contributed by atoms with Gasteiger partial charge in [0.15, 0.2) is 5.84 Å². The molecule has 0 saturated carbocycles. The normalized spacial score (nSPS) is 17.8. The molecule has 1 aliphatic heterocycles. The highest BCUT2D eigenvalue weighted by atomic mass is 79.9. The number of anilines is 1. The highest BCUT2D eigenvalue weighted by Crippen LogP contribution is 2.29. The van der Waals surface area contributed by atoms with Crippen LogP contribution in [0.25, 0.3) is 0 Å². The van der Waals surface area contributed by atoms with E-state index in [4.69, 9.17) is 10.9 Å². The number of piperidine rings is 1. The first-order valence-electron chi connectivity index (χ1n) is 6.68. The summed E-state index contributed by atoms with van der Waals surface area (Å²) in [7, 11) is 0. The van der Waals surface area contributed by atoms with Gasteiger partial charge < -0.3 is 15.8 Å². The van der Waals surface area contributed by atoms with Crippen molar-refractivity contribution in [1.29, 1.82) is 0 Å². The fourth-order valence-electron chi connectivity index (χ4n) is 2.63. The summed E-state index contributed by atoms with van der Waals surface area (Å²) in [5.74, 6) is 0.993. The van der Waals surface area contributed by atoms with Gasteiger partial charge in [-0.1, -0.05) is 34.4 Å². The number of amidine groups is 1. The molecule has 0 aromatic heterocycles. The van der Waals surface area contributed by atoms with Crippen LogP contribution in [0.1, 0.15) is 31.7 Å². The predicted octanol–water partition coefficient (Wildman–Crippen LogP) is 3.17. The highest BCUT2D eigenvalue weighted by molar-refractivity contribution is 9.10. The Kier molecular flexibility index (Phi) is 4.69. The molecular weight excluding hydrogens is 306 g/mol. The van der Waals surface area contributed by atoms with E-state index in [0.717, 1.165) is 34.7 Å². The lowest BCUT2D eigenvalue weighted by molar-refractivity contribution is 0.318. The lowest BCUT2D eigenvalue weighted by Gasteiger charge is -2.34. The van der Waals surface area contributed by atoms with Crippen molar-refractivity contribution in [3.8, 4) is 0 Å². The van der Waals surface area contributed by atoms with E-state index in [2.05, 4.69) is 32.9 Å². The summed E-state index contributed by atoms with van der Waals surface area (Å²) >= 11 is 3.43. The molecule has 5 heteroatoms. The van der Waals surface area contributed by atoms with Gasteiger partial charge >= 0.3 is 0 Å². The number of benzene rings is 1. The Balaban J connectivity index is 2.25. The Morgan fingerprint density at radius 2 is 2.16 bits per heavy atom. The summed E-state index contributed by atoms with van der Waals surface area (Å²) in [6.45, 7) is 4.32. The van der Waals surface area contributed by atoms with E-state index in [0.29, 0.717) is 0 Å². The van der Waals surface area contributed by atoms with Gasteiger partial charge in [0.2, 0.25) is 0 Å². The topological polar surface area (TPSA) is 61.8 Å². The van der Waals surface area contributed by atoms with Gasteiger partial charge in [-0.25, -0.2) is 0 Å². The van der Waals surface area contributed by atoms with Crippen LogP contribution >= 0.6 is 15.9 Å². The second kappa shape index (κ2) is 6.28. The van der Waals surface area contributed by atoms with Crippen LogP contribution in [-0.2, 0) is 0 Å². The van der Waals surface area contributed by atoms with E-state index in [-0.39, 0.29) is 5.84 Å². The minimum Gasteiger partial charge on any atom is -0.409 e. The summed E-state index contributed by atoms with van der Waals surface area (Å²) in [4.78, 5) is 2.33. The molecule has 2 rings (SSSR count). The zero-order valence-corrected chi connectivity index (χ0v) is 12.7. The first-order chi connectivity index (χ1) is 9.15. The summed E-state index contributed by atoms with van der Waals surface area (Å²) in [6, 6.07) is 5.93. The van der Waals surface area contributed by atoms with Gasteiger partial charge in [-0.05, 0) is 37.0 Å². The third kappa shape index (κ3) is 3.21. The summed E-state index contributed by atoms with van der Waals surface area (Å²) in [6.07, 6.45) is 3.67. The quantitative estimate of drug-likeness (QED) is 0.388. The molecule has 0 unspecified atom stereocenters. The van der Waals surface area contributed by atoms with Crippen molar-refractivity contribution in [2.75, 3.05) is 18.0 Å². The van der Waals surface area contributed by atoms with Crippen LogP contribution in [0.3, 0.4) is 0 Å². The fraction of sp³-hybridized carbons (Fsp3) is 0.500. The summed E-state index contributed by atoms with van der Waals surface area (Å²) < 4.78 is 0.932. The molecule has 0 aliphatic carbocycles.